The van der Waals surface area contributed by atoms with Crippen LogP contribution in [0.1, 0.15) is 17.3 Å². The summed E-state index contributed by atoms with van der Waals surface area (Å²) in [4.78, 5) is 23.9. The third-order valence-electron chi connectivity index (χ3n) is 3.39. The zero-order chi connectivity index (χ0) is 20.4. The fourth-order valence-corrected chi connectivity index (χ4v) is 3.20. The summed E-state index contributed by atoms with van der Waals surface area (Å²) in [5, 5.41) is 0. The number of hydrogen-bond donors (Lipinski definition) is 2. The second-order valence-electron chi connectivity index (χ2n) is 5.44. The van der Waals surface area contributed by atoms with Crippen molar-refractivity contribution in [1.82, 2.24) is 10.9 Å². The highest BCUT2D eigenvalue weighted by atomic mass is 79.9. The lowest BCUT2D eigenvalue weighted by Gasteiger charge is -2.10. The maximum atomic E-state index is 12.1. The Morgan fingerprint density at radius 3 is 2.39 bits per heavy atom. The van der Waals surface area contributed by atoms with Crippen molar-refractivity contribution in [2.75, 3.05) is 26.4 Å². The molecule has 0 atom stereocenters. The molecule has 0 heterocycles. The van der Waals surface area contributed by atoms with Crippen LogP contribution >= 0.6 is 31.9 Å². The van der Waals surface area contributed by atoms with Crippen molar-refractivity contribution in [2.45, 2.75) is 6.92 Å². The van der Waals surface area contributed by atoms with E-state index in [0.29, 0.717) is 41.4 Å². The molecule has 2 aromatic carbocycles. The molecule has 0 unspecified atom stereocenters. The van der Waals surface area contributed by atoms with Gasteiger partial charge in [-0.05, 0) is 65.3 Å². The lowest BCUT2D eigenvalue weighted by Crippen LogP contribution is -2.43. The minimum Gasteiger partial charge on any atom is -0.491 e. The molecule has 2 amide bonds. The Labute approximate surface area is 180 Å². The largest absolute Gasteiger partial charge is 0.491 e. The van der Waals surface area contributed by atoms with E-state index in [1.165, 1.54) is 0 Å². The van der Waals surface area contributed by atoms with E-state index in [1.54, 1.807) is 42.5 Å². The SMILES string of the molecule is CCOCCOc1ccc(C(=O)NNC(=O)COc2ccc(Br)cc2Br)cc1. The lowest BCUT2D eigenvalue weighted by molar-refractivity contribution is -0.123. The van der Waals surface area contributed by atoms with Crippen molar-refractivity contribution >= 4 is 43.7 Å². The van der Waals surface area contributed by atoms with Gasteiger partial charge in [-0.1, -0.05) is 15.9 Å². The molecule has 150 valence electrons. The van der Waals surface area contributed by atoms with Gasteiger partial charge in [0, 0.05) is 16.6 Å². The van der Waals surface area contributed by atoms with Crippen molar-refractivity contribution in [1.29, 1.82) is 0 Å². The third-order valence-corrected chi connectivity index (χ3v) is 4.50. The Bertz CT molecular complexity index is 799. The number of carbonyl (C=O) groups is 2. The normalized spacial score (nSPS) is 10.2. The van der Waals surface area contributed by atoms with Crippen LogP contribution in [-0.2, 0) is 9.53 Å². The molecule has 2 N–H and O–H groups in total. The van der Waals surface area contributed by atoms with Gasteiger partial charge in [-0.2, -0.15) is 0 Å². The Kier molecular flexibility index (Phi) is 9.26. The lowest BCUT2D eigenvalue weighted by atomic mass is 10.2. The zero-order valence-corrected chi connectivity index (χ0v) is 18.3. The fourth-order valence-electron chi connectivity index (χ4n) is 2.04. The summed E-state index contributed by atoms with van der Waals surface area (Å²) >= 11 is 6.68. The molecular formula is C19H20Br2N2O5. The highest BCUT2D eigenvalue weighted by Crippen LogP contribution is 2.28. The highest BCUT2D eigenvalue weighted by molar-refractivity contribution is 9.11. The fraction of sp³-hybridized carbons (Fsp3) is 0.263. The van der Waals surface area contributed by atoms with Crippen molar-refractivity contribution < 1.29 is 23.8 Å². The molecule has 0 saturated carbocycles. The molecule has 2 rings (SSSR count). The van der Waals surface area contributed by atoms with E-state index in [4.69, 9.17) is 14.2 Å². The molecular weight excluding hydrogens is 496 g/mol. The number of carbonyl (C=O) groups excluding carboxylic acids is 2. The number of halogens is 2. The number of hydrogen-bond acceptors (Lipinski definition) is 5. The highest BCUT2D eigenvalue weighted by Gasteiger charge is 2.09. The summed E-state index contributed by atoms with van der Waals surface area (Å²) in [7, 11) is 0. The zero-order valence-electron chi connectivity index (χ0n) is 15.2. The molecule has 0 aliphatic rings. The summed E-state index contributed by atoms with van der Waals surface area (Å²) in [6.45, 7) is 3.25. The van der Waals surface area contributed by atoms with Crippen molar-refractivity contribution in [3.05, 3.63) is 57.0 Å². The van der Waals surface area contributed by atoms with Crippen molar-refractivity contribution in [3.8, 4) is 11.5 Å². The van der Waals surface area contributed by atoms with E-state index in [1.807, 2.05) is 6.92 Å². The van der Waals surface area contributed by atoms with Gasteiger partial charge in [0.1, 0.15) is 18.1 Å². The number of ether oxygens (including phenoxy) is 3. The van der Waals surface area contributed by atoms with Crippen LogP contribution in [0.25, 0.3) is 0 Å². The minimum absolute atomic E-state index is 0.243. The minimum atomic E-state index is -0.487. The molecule has 0 aliphatic heterocycles. The van der Waals surface area contributed by atoms with Crippen LogP contribution in [0, 0.1) is 0 Å². The monoisotopic (exact) mass is 514 g/mol. The van der Waals surface area contributed by atoms with Gasteiger partial charge in [-0.3, -0.25) is 20.4 Å². The predicted molar refractivity (Wildman–Crippen MR) is 111 cm³/mol. The standard InChI is InChI=1S/C19H20Br2N2O5/c1-2-26-9-10-27-15-6-3-13(4-7-15)19(25)23-22-18(24)12-28-17-8-5-14(20)11-16(17)21/h3-8,11H,2,9-10,12H2,1H3,(H,22,24)(H,23,25). The van der Waals surface area contributed by atoms with Gasteiger partial charge >= 0.3 is 0 Å². The molecule has 0 aromatic heterocycles. The Balaban J connectivity index is 1.74. The second-order valence-corrected chi connectivity index (χ2v) is 7.21. The first-order chi connectivity index (χ1) is 13.5. The maximum Gasteiger partial charge on any atom is 0.276 e. The summed E-state index contributed by atoms with van der Waals surface area (Å²) in [5.74, 6) is 0.219. The van der Waals surface area contributed by atoms with E-state index in [9.17, 15) is 9.59 Å². The van der Waals surface area contributed by atoms with Crippen LogP contribution < -0.4 is 20.3 Å². The number of nitrogens with one attached hydrogen (secondary N) is 2. The van der Waals surface area contributed by atoms with E-state index >= 15 is 0 Å². The summed E-state index contributed by atoms with van der Waals surface area (Å²) < 4.78 is 17.7. The first kappa shape index (κ1) is 22.2. The first-order valence-electron chi connectivity index (χ1n) is 8.47. The van der Waals surface area contributed by atoms with E-state index in [-0.39, 0.29) is 6.61 Å². The van der Waals surface area contributed by atoms with E-state index < -0.39 is 11.8 Å². The molecule has 0 spiro atoms. The van der Waals surface area contributed by atoms with Gasteiger partial charge in [-0.15, -0.1) is 0 Å². The molecule has 0 saturated heterocycles. The van der Waals surface area contributed by atoms with Crippen LogP contribution in [0.15, 0.2) is 51.4 Å². The first-order valence-corrected chi connectivity index (χ1v) is 10.1. The molecule has 7 nitrogen and oxygen atoms in total. The van der Waals surface area contributed by atoms with Crippen LogP contribution in [0.2, 0.25) is 0 Å². The summed E-state index contributed by atoms with van der Waals surface area (Å²) in [6.07, 6.45) is 0. The van der Waals surface area contributed by atoms with Gasteiger partial charge in [0.2, 0.25) is 0 Å². The number of amides is 2. The molecule has 9 heteroatoms. The van der Waals surface area contributed by atoms with E-state index in [2.05, 4.69) is 42.7 Å². The summed E-state index contributed by atoms with van der Waals surface area (Å²) in [5.41, 5.74) is 5.03. The van der Waals surface area contributed by atoms with Gasteiger partial charge in [0.15, 0.2) is 6.61 Å². The van der Waals surface area contributed by atoms with Crippen LogP contribution in [0.5, 0.6) is 11.5 Å². The van der Waals surface area contributed by atoms with Crippen molar-refractivity contribution in [2.24, 2.45) is 0 Å². The molecule has 0 radical (unpaired) electrons. The van der Waals surface area contributed by atoms with Crippen molar-refractivity contribution in [3.63, 3.8) is 0 Å². The molecule has 28 heavy (non-hydrogen) atoms. The average molecular weight is 516 g/mol. The quantitative estimate of drug-likeness (QED) is 0.394. The number of hydrazine groups is 1. The van der Waals surface area contributed by atoms with Gasteiger partial charge in [0.05, 0.1) is 11.1 Å². The smallest absolute Gasteiger partial charge is 0.276 e. The van der Waals surface area contributed by atoms with Crippen LogP contribution in [0.3, 0.4) is 0 Å². The number of benzene rings is 2. The Morgan fingerprint density at radius 1 is 0.964 bits per heavy atom. The van der Waals surface area contributed by atoms with E-state index in [0.717, 1.165) is 4.47 Å². The molecule has 0 aliphatic carbocycles. The summed E-state index contributed by atoms with van der Waals surface area (Å²) in [6, 6.07) is 11.9. The van der Waals surface area contributed by atoms with Crippen LogP contribution in [-0.4, -0.2) is 38.2 Å². The van der Waals surface area contributed by atoms with Gasteiger partial charge in [-0.25, -0.2) is 0 Å². The molecule has 2 aromatic rings. The van der Waals surface area contributed by atoms with Gasteiger partial charge < -0.3 is 14.2 Å². The predicted octanol–water partition coefficient (Wildman–Crippen LogP) is 3.47. The second kappa shape index (κ2) is 11.7. The van der Waals surface area contributed by atoms with Crippen LogP contribution in [0.4, 0.5) is 0 Å². The maximum absolute atomic E-state index is 12.1. The number of rotatable bonds is 9. The Hall–Kier alpha value is -2.10. The molecule has 0 fully saturated rings. The van der Waals surface area contributed by atoms with Gasteiger partial charge in [0.25, 0.3) is 11.8 Å². The Morgan fingerprint density at radius 2 is 1.71 bits per heavy atom. The third kappa shape index (κ3) is 7.49. The molecule has 0 bridgehead atoms. The average Bonchev–Trinajstić information content (AvgIpc) is 2.69. The topological polar surface area (TPSA) is 85.9 Å².